The van der Waals surface area contributed by atoms with Crippen LogP contribution in [-0.2, 0) is 0 Å². The molecule has 3 rings (SSSR count). The van der Waals surface area contributed by atoms with Crippen LogP contribution < -0.4 is 15.2 Å². The standard InChI is InChI=1S/C18H22N4O4/c1-25-15-7-6-11(9-16(15)26-2)18(24)22-8-4-3-5-14(22)12-10-13(17(19)23)21-20-12/h6-7,9-10,14H,3-5,8H2,1-2H3,(H2,19,23)(H,20,21). The summed E-state index contributed by atoms with van der Waals surface area (Å²) >= 11 is 0. The van der Waals surface area contributed by atoms with E-state index in [4.69, 9.17) is 15.2 Å². The number of nitrogens with two attached hydrogens (primary N) is 1. The van der Waals surface area contributed by atoms with E-state index in [0.29, 0.717) is 29.3 Å². The highest BCUT2D eigenvalue weighted by atomic mass is 16.5. The first-order valence-corrected chi connectivity index (χ1v) is 8.43. The Morgan fingerprint density at radius 3 is 2.62 bits per heavy atom. The minimum atomic E-state index is -0.596. The lowest BCUT2D eigenvalue weighted by molar-refractivity contribution is 0.0605. The Kier molecular flexibility index (Phi) is 5.11. The number of aromatic amines is 1. The summed E-state index contributed by atoms with van der Waals surface area (Å²) < 4.78 is 10.5. The average molecular weight is 358 g/mol. The summed E-state index contributed by atoms with van der Waals surface area (Å²) in [7, 11) is 3.08. The molecule has 0 radical (unpaired) electrons. The predicted molar refractivity (Wildman–Crippen MR) is 94.3 cm³/mol. The number of H-pyrrole nitrogens is 1. The van der Waals surface area contributed by atoms with Gasteiger partial charge in [-0.2, -0.15) is 5.10 Å². The number of hydrogen-bond acceptors (Lipinski definition) is 5. The number of nitrogens with zero attached hydrogens (tertiary/aromatic N) is 2. The SMILES string of the molecule is COc1ccc(C(=O)N2CCCCC2c2cc(C(N)=O)n[nH]2)cc1OC. The molecule has 0 spiro atoms. The molecular formula is C18H22N4O4. The first-order valence-electron chi connectivity index (χ1n) is 8.43. The molecular weight excluding hydrogens is 336 g/mol. The van der Waals surface area contributed by atoms with Crippen LogP contribution in [0.4, 0.5) is 0 Å². The molecule has 2 aromatic rings. The van der Waals surface area contributed by atoms with Crippen molar-refractivity contribution in [1.29, 1.82) is 0 Å². The van der Waals surface area contributed by atoms with E-state index in [1.165, 1.54) is 7.11 Å². The summed E-state index contributed by atoms with van der Waals surface area (Å²) in [4.78, 5) is 26.2. The predicted octanol–water partition coefficient (Wildman–Crippen LogP) is 1.89. The second-order valence-electron chi connectivity index (χ2n) is 6.15. The van der Waals surface area contributed by atoms with Crippen molar-refractivity contribution in [2.75, 3.05) is 20.8 Å². The van der Waals surface area contributed by atoms with Crippen molar-refractivity contribution < 1.29 is 19.1 Å². The number of primary amides is 1. The molecule has 2 heterocycles. The van der Waals surface area contributed by atoms with Gasteiger partial charge in [0.25, 0.3) is 11.8 Å². The smallest absolute Gasteiger partial charge is 0.269 e. The minimum Gasteiger partial charge on any atom is -0.493 e. The normalized spacial score (nSPS) is 17.0. The van der Waals surface area contributed by atoms with Gasteiger partial charge in [-0.1, -0.05) is 0 Å². The molecule has 2 amide bonds. The third-order valence-electron chi connectivity index (χ3n) is 4.60. The fourth-order valence-electron chi connectivity index (χ4n) is 3.27. The fraction of sp³-hybridized carbons (Fsp3) is 0.389. The van der Waals surface area contributed by atoms with Gasteiger partial charge in [0.2, 0.25) is 0 Å². The highest BCUT2D eigenvalue weighted by Gasteiger charge is 2.30. The zero-order chi connectivity index (χ0) is 18.7. The van der Waals surface area contributed by atoms with Crippen LogP contribution in [0, 0.1) is 0 Å². The van der Waals surface area contributed by atoms with Crippen LogP contribution in [0.5, 0.6) is 11.5 Å². The van der Waals surface area contributed by atoms with E-state index in [1.807, 2.05) is 0 Å². The fourth-order valence-corrected chi connectivity index (χ4v) is 3.27. The quantitative estimate of drug-likeness (QED) is 0.848. The molecule has 0 bridgehead atoms. The maximum absolute atomic E-state index is 13.1. The Morgan fingerprint density at radius 2 is 1.96 bits per heavy atom. The zero-order valence-corrected chi connectivity index (χ0v) is 14.8. The van der Waals surface area contributed by atoms with E-state index in [-0.39, 0.29) is 17.6 Å². The molecule has 1 aliphatic rings. The van der Waals surface area contributed by atoms with E-state index in [2.05, 4.69) is 10.2 Å². The second-order valence-corrected chi connectivity index (χ2v) is 6.15. The van der Waals surface area contributed by atoms with Crippen molar-refractivity contribution in [3.05, 3.63) is 41.2 Å². The molecule has 26 heavy (non-hydrogen) atoms. The van der Waals surface area contributed by atoms with Gasteiger partial charge in [-0.05, 0) is 43.5 Å². The molecule has 1 aromatic carbocycles. The molecule has 1 unspecified atom stereocenters. The summed E-state index contributed by atoms with van der Waals surface area (Å²) in [5.41, 5.74) is 6.68. The van der Waals surface area contributed by atoms with Gasteiger partial charge in [-0.15, -0.1) is 0 Å². The summed E-state index contributed by atoms with van der Waals surface area (Å²) in [6, 6.07) is 6.55. The van der Waals surface area contributed by atoms with Gasteiger partial charge in [0, 0.05) is 12.1 Å². The molecule has 1 fully saturated rings. The van der Waals surface area contributed by atoms with Gasteiger partial charge in [0.05, 0.1) is 26.0 Å². The largest absolute Gasteiger partial charge is 0.493 e. The van der Waals surface area contributed by atoms with Crippen molar-refractivity contribution in [2.24, 2.45) is 5.73 Å². The van der Waals surface area contributed by atoms with Crippen molar-refractivity contribution in [3.63, 3.8) is 0 Å². The van der Waals surface area contributed by atoms with E-state index < -0.39 is 5.91 Å². The Hall–Kier alpha value is -3.03. The first-order chi connectivity index (χ1) is 12.5. The lowest BCUT2D eigenvalue weighted by Gasteiger charge is -2.35. The van der Waals surface area contributed by atoms with Gasteiger partial charge < -0.3 is 20.1 Å². The molecule has 3 N–H and O–H groups in total. The van der Waals surface area contributed by atoms with Crippen molar-refractivity contribution in [1.82, 2.24) is 15.1 Å². The van der Waals surface area contributed by atoms with Crippen LogP contribution in [0.3, 0.4) is 0 Å². The van der Waals surface area contributed by atoms with E-state index >= 15 is 0 Å². The number of rotatable bonds is 5. The van der Waals surface area contributed by atoms with E-state index in [1.54, 1.807) is 36.3 Å². The average Bonchev–Trinajstić information content (AvgIpc) is 3.17. The van der Waals surface area contributed by atoms with Crippen LogP contribution in [0.2, 0.25) is 0 Å². The van der Waals surface area contributed by atoms with Crippen molar-refractivity contribution in [3.8, 4) is 11.5 Å². The van der Waals surface area contributed by atoms with Crippen LogP contribution in [0.25, 0.3) is 0 Å². The monoisotopic (exact) mass is 358 g/mol. The van der Waals surface area contributed by atoms with Crippen LogP contribution >= 0.6 is 0 Å². The Bertz CT molecular complexity index is 817. The maximum Gasteiger partial charge on any atom is 0.269 e. The summed E-state index contributed by atoms with van der Waals surface area (Å²) in [6.07, 6.45) is 2.71. The van der Waals surface area contributed by atoms with E-state index in [0.717, 1.165) is 19.3 Å². The number of nitrogens with one attached hydrogen (secondary N) is 1. The van der Waals surface area contributed by atoms with Crippen molar-refractivity contribution >= 4 is 11.8 Å². The van der Waals surface area contributed by atoms with Gasteiger partial charge in [-0.25, -0.2) is 0 Å². The summed E-state index contributed by atoms with van der Waals surface area (Å²) in [5, 5.41) is 6.78. The Labute approximate surface area is 151 Å². The minimum absolute atomic E-state index is 0.106. The number of carbonyl (C=O) groups is 2. The molecule has 1 saturated heterocycles. The number of carbonyl (C=O) groups excluding carboxylic acids is 2. The molecule has 138 valence electrons. The third-order valence-corrected chi connectivity index (χ3v) is 4.60. The number of ether oxygens (including phenoxy) is 2. The lowest BCUT2D eigenvalue weighted by atomic mass is 9.98. The number of methoxy groups -OCH3 is 2. The molecule has 1 aromatic heterocycles. The van der Waals surface area contributed by atoms with Crippen molar-refractivity contribution in [2.45, 2.75) is 25.3 Å². The van der Waals surface area contributed by atoms with Crippen LogP contribution in [-0.4, -0.2) is 47.7 Å². The molecule has 1 aliphatic heterocycles. The first kappa shape index (κ1) is 17.8. The highest BCUT2D eigenvalue weighted by molar-refractivity contribution is 5.95. The van der Waals surface area contributed by atoms with Crippen LogP contribution in [0.1, 0.15) is 51.8 Å². The Morgan fingerprint density at radius 1 is 1.19 bits per heavy atom. The molecule has 8 nitrogen and oxygen atoms in total. The lowest BCUT2D eigenvalue weighted by Crippen LogP contribution is -2.38. The Balaban J connectivity index is 1.89. The summed E-state index contributed by atoms with van der Waals surface area (Å²) in [6.45, 7) is 0.628. The topological polar surface area (TPSA) is 111 Å². The molecule has 0 saturated carbocycles. The number of benzene rings is 1. The van der Waals surface area contributed by atoms with E-state index in [9.17, 15) is 9.59 Å². The van der Waals surface area contributed by atoms with Gasteiger partial charge >= 0.3 is 0 Å². The second kappa shape index (κ2) is 7.47. The number of aromatic nitrogens is 2. The van der Waals surface area contributed by atoms with Gasteiger partial charge in [0.15, 0.2) is 11.5 Å². The maximum atomic E-state index is 13.1. The molecule has 8 heteroatoms. The van der Waals surface area contributed by atoms with Gasteiger partial charge in [-0.3, -0.25) is 14.7 Å². The van der Waals surface area contributed by atoms with Gasteiger partial charge in [0.1, 0.15) is 5.69 Å². The molecule has 0 aliphatic carbocycles. The number of piperidine rings is 1. The highest BCUT2D eigenvalue weighted by Crippen LogP contribution is 2.33. The van der Waals surface area contributed by atoms with Crippen LogP contribution in [0.15, 0.2) is 24.3 Å². The number of hydrogen-bond donors (Lipinski definition) is 2. The molecule has 1 atom stereocenters. The third kappa shape index (κ3) is 3.35. The zero-order valence-electron chi connectivity index (χ0n) is 14.8. The summed E-state index contributed by atoms with van der Waals surface area (Å²) in [5.74, 6) is 0.371. The number of likely N-dealkylation sites (tertiary alicyclic amines) is 1. The number of amides is 2.